The van der Waals surface area contributed by atoms with Crippen molar-refractivity contribution >= 4 is 17.7 Å². The third-order valence-corrected chi connectivity index (χ3v) is 2.20. The molecule has 0 spiro atoms. The molecular formula is C12H9N3O3. The molecule has 1 aromatic heterocycles. The monoisotopic (exact) mass is 243 g/mol. The van der Waals surface area contributed by atoms with Crippen LogP contribution in [0.5, 0.6) is 0 Å². The smallest absolute Gasteiger partial charge is 0.335 e. The highest BCUT2D eigenvalue weighted by molar-refractivity contribution is 6.04. The number of benzene rings is 1. The first kappa shape index (κ1) is 11.7. The summed E-state index contributed by atoms with van der Waals surface area (Å²) in [6, 6.07) is 5.62. The first-order valence-electron chi connectivity index (χ1n) is 5.07. The molecule has 2 N–H and O–H groups in total. The van der Waals surface area contributed by atoms with Gasteiger partial charge in [-0.1, -0.05) is 0 Å². The fourth-order valence-corrected chi connectivity index (χ4v) is 1.32. The van der Waals surface area contributed by atoms with E-state index >= 15 is 0 Å². The first-order valence-corrected chi connectivity index (χ1v) is 5.07. The Kier molecular flexibility index (Phi) is 3.29. The van der Waals surface area contributed by atoms with Gasteiger partial charge in [-0.25, -0.2) is 9.78 Å². The number of carbonyl (C=O) groups excluding carboxylic acids is 1. The van der Waals surface area contributed by atoms with Crippen LogP contribution in [0.1, 0.15) is 20.7 Å². The number of hydrogen-bond acceptors (Lipinski definition) is 4. The summed E-state index contributed by atoms with van der Waals surface area (Å²) in [5.74, 6) is -1.06. The number of aromatic carboxylic acids is 1. The van der Waals surface area contributed by atoms with Gasteiger partial charge in [-0.3, -0.25) is 9.78 Å². The maximum absolute atomic E-state index is 11.8. The predicted molar refractivity (Wildman–Crippen MR) is 63.4 cm³/mol. The van der Waals surface area contributed by atoms with Gasteiger partial charge < -0.3 is 10.4 Å². The summed E-state index contributed by atoms with van der Waals surface area (Å²) in [6.45, 7) is 0. The van der Waals surface area contributed by atoms with Crippen LogP contribution in [0.15, 0.2) is 42.9 Å². The number of carboxylic acid groups (broad SMARTS) is 1. The molecule has 0 aliphatic rings. The van der Waals surface area contributed by atoms with Crippen LogP contribution in [0.25, 0.3) is 0 Å². The molecule has 0 saturated heterocycles. The van der Waals surface area contributed by atoms with Gasteiger partial charge in [0, 0.05) is 18.0 Å². The van der Waals surface area contributed by atoms with E-state index in [2.05, 4.69) is 15.3 Å². The minimum absolute atomic E-state index is 0.131. The lowest BCUT2D eigenvalue weighted by Crippen LogP contribution is -2.13. The maximum atomic E-state index is 11.8. The number of nitrogens with zero attached hydrogens (tertiary/aromatic N) is 2. The van der Waals surface area contributed by atoms with E-state index in [1.54, 1.807) is 0 Å². The number of hydrogen-bond donors (Lipinski definition) is 2. The third-order valence-electron chi connectivity index (χ3n) is 2.20. The highest BCUT2D eigenvalue weighted by Gasteiger charge is 2.08. The minimum Gasteiger partial charge on any atom is -0.478 e. The van der Waals surface area contributed by atoms with E-state index in [-0.39, 0.29) is 11.5 Å². The average Bonchev–Trinajstić information content (AvgIpc) is 2.40. The lowest BCUT2D eigenvalue weighted by Gasteiger charge is -2.03. The van der Waals surface area contributed by atoms with Gasteiger partial charge in [0.2, 0.25) is 0 Å². The molecule has 0 radical (unpaired) electrons. The van der Waals surface area contributed by atoms with Crippen molar-refractivity contribution in [2.24, 2.45) is 0 Å². The predicted octanol–water partition coefficient (Wildman–Crippen LogP) is 1.43. The molecule has 0 bridgehead atoms. The van der Waals surface area contributed by atoms with Crippen LogP contribution < -0.4 is 5.32 Å². The Morgan fingerprint density at radius 1 is 1.06 bits per heavy atom. The summed E-state index contributed by atoms with van der Waals surface area (Å²) in [6.07, 6.45) is 4.38. The van der Waals surface area contributed by atoms with E-state index in [9.17, 15) is 9.59 Å². The summed E-state index contributed by atoms with van der Waals surface area (Å²) in [7, 11) is 0. The van der Waals surface area contributed by atoms with E-state index < -0.39 is 5.97 Å². The molecule has 1 heterocycles. The molecule has 0 fully saturated rings. The van der Waals surface area contributed by atoms with Crippen LogP contribution in [0.2, 0.25) is 0 Å². The molecule has 6 nitrogen and oxygen atoms in total. The van der Waals surface area contributed by atoms with Crippen molar-refractivity contribution in [2.45, 2.75) is 0 Å². The van der Waals surface area contributed by atoms with Crippen LogP contribution >= 0.6 is 0 Å². The maximum Gasteiger partial charge on any atom is 0.335 e. The van der Waals surface area contributed by atoms with Gasteiger partial charge in [-0.05, 0) is 24.3 Å². The molecule has 1 aromatic carbocycles. The second-order valence-corrected chi connectivity index (χ2v) is 3.43. The van der Waals surface area contributed by atoms with Crippen molar-refractivity contribution in [2.75, 3.05) is 5.32 Å². The number of nitrogens with one attached hydrogen (secondary N) is 1. The first-order chi connectivity index (χ1) is 8.66. The van der Waals surface area contributed by atoms with Gasteiger partial charge in [0.15, 0.2) is 5.82 Å². The SMILES string of the molecule is O=C(O)c1ccc(C(=O)Nc2cnccn2)cc1. The van der Waals surface area contributed by atoms with E-state index in [4.69, 9.17) is 5.11 Å². The Hall–Kier alpha value is -2.76. The topological polar surface area (TPSA) is 92.2 Å². The summed E-state index contributed by atoms with van der Waals surface area (Å²) >= 11 is 0. The molecule has 18 heavy (non-hydrogen) atoms. The Balaban J connectivity index is 2.12. The standard InChI is InChI=1S/C12H9N3O3/c16-11(15-10-7-13-5-6-14-10)8-1-3-9(4-2-8)12(17)18/h1-7H,(H,17,18)(H,14,15,16). The molecule has 0 aliphatic heterocycles. The highest BCUT2D eigenvalue weighted by atomic mass is 16.4. The normalized spacial score (nSPS) is 9.78. The molecule has 2 aromatic rings. The van der Waals surface area contributed by atoms with E-state index in [1.165, 1.54) is 42.9 Å². The van der Waals surface area contributed by atoms with Crippen molar-refractivity contribution in [3.8, 4) is 0 Å². The van der Waals surface area contributed by atoms with E-state index in [0.29, 0.717) is 11.4 Å². The zero-order chi connectivity index (χ0) is 13.0. The number of carboxylic acids is 1. The molecule has 1 amide bonds. The summed E-state index contributed by atoms with van der Waals surface area (Å²) in [4.78, 5) is 30.1. The summed E-state index contributed by atoms with van der Waals surface area (Å²) < 4.78 is 0. The number of aromatic nitrogens is 2. The van der Waals surface area contributed by atoms with Crippen molar-refractivity contribution in [1.29, 1.82) is 0 Å². The largest absolute Gasteiger partial charge is 0.478 e. The third kappa shape index (κ3) is 2.67. The zero-order valence-corrected chi connectivity index (χ0v) is 9.20. The number of amides is 1. The van der Waals surface area contributed by atoms with Crippen LogP contribution in [-0.4, -0.2) is 27.0 Å². The van der Waals surface area contributed by atoms with Crippen LogP contribution in [0.3, 0.4) is 0 Å². The fraction of sp³-hybridized carbons (Fsp3) is 0. The van der Waals surface area contributed by atoms with Crippen LogP contribution in [0.4, 0.5) is 5.82 Å². The summed E-state index contributed by atoms with van der Waals surface area (Å²) in [5, 5.41) is 11.3. The van der Waals surface area contributed by atoms with E-state index in [1.807, 2.05) is 0 Å². The van der Waals surface area contributed by atoms with Gasteiger partial charge in [0.05, 0.1) is 11.8 Å². The fourth-order valence-electron chi connectivity index (χ4n) is 1.32. The van der Waals surface area contributed by atoms with Gasteiger partial charge in [0.1, 0.15) is 0 Å². The highest BCUT2D eigenvalue weighted by Crippen LogP contribution is 2.07. The quantitative estimate of drug-likeness (QED) is 0.850. The van der Waals surface area contributed by atoms with Gasteiger partial charge in [-0.15, -0.1) is 0 Å². The van der Waals surface area contributed by atoms with Crippen LogP contribution in [-0.2, 0) is 0 Å². The number of carbonyl (C=O) groups is 2. The molecule has 0 aliphatic carbocycles. The minimum atomic E-state index is -1.03. The second-order valence-electron chi connectivity index (χ2n) is 3.43. The van der Waals surface area contributed by atoms with Gasteiger partial charge >= 0.3 is 5.97 Å². The molecule has 2 rings (SSSR count). The van der Waals surface area contributed by atoms with Crippen molar-refractivity contribution in [3.63, 3.8) is 0 Å². The zero-order valence-electron chi connectivity index (χ0n) is 9.20. The number of rotatable bonds is 3. The molecule has 0 saturated carbocycles. The Bertz CT molecular complexity index is 567. The lowest BCUT2D eigenvalue weighted by atomic mass is 10.1. The summed E-state index contributed by atoms with van der Waals surface area (Å²) in [5.41, 5.74) is 0.483. The molecule has 6 heteroatoms. The van der Waals surface area contributed by atoms with Crippen molar-refractivity contribution in [1.82, 2.24) is 9.97 Å². The average molecular weight is 243 g/mol. The number of anilines is 1. The van der Waals surface area contributed by atoms with Gasteiger partial charge in [0.25, 0.3) is 5.91 Å². The molecular weight excluding hydrogens is 234 g/mol. The Morgan fingerprint density at radius 2 is 1.72 bits per heavy atom. The Morgan fingerprint density at radius 3 is 2.28 bits per heavy atom. The molecule has 0 unspecified atom stereocenters. The van der Waals surface area contributed by atoms with Crippen molar-refractivity contribution in [3.05, 3.63) is 54.0 Å². The lowest BCUT2D eigenvalue weighted by molar-refractivity contribution is 0.0696. The second kappa shape index (κ2) is 5.05. The van der Waals surface area contributed by atoms with E-state index in [0.717, 1.165) is 0 Å². The Labute approximate surface area is 102 Å². The van der Waals surface area contributed by atoms with Crippen LogP contribution in [0, 0.1) is 0 Å². The molecule has 90 valence electrons. The molecule has 0 atom stereocenters. The van der Waals surface area contributed by atoms with Crippen molar-refractivity contribution < 1.29 is 14.7 Å². The van der Waals surface area contributed by atoms with Gasteiger partial charge in [-0.2, -0.15) is 0 Å².